The Morgan fingerprint density at radius 1 is 0.850 bits per heavy atom. The Kier molecular flexibility index (Phi) is 25.5. The monoisotopic (exact) mass is 1140 g/mol. The molecule has 1 amide bonds. The Bertz CT molecular complexity index is 2140. The minimum absolute atomic E-state index is 0.00773. The van der Waals surface area contributed by atoms with Gasteiger partial charge in [-0.25, -0.2) is 4.79 Å². The molecule has 0 aromatic carbocycles. The van der Waals surface area contributed by atoms with Gasteiger partial charge in [0.2, 0.25) is 0 Å². The van der Waals surface area contributed by atoms with E-state index in [9.17, 15) is 19.8 Å². The van der Waals surface area contributed by atoms with Gasteiger partial charge in [-0.05, 0) is 91.0 Å². The van der Waals surface area contributed by atoms with Crippen molar-refractivity contribution in [3.05, 3.63) is 30.1 Å². The van der Waals surface area contributed by atoms with Crippen LogP contribution in [0.2, 0.25) is 0 Å². The number of aromatic nitrogens is 1. The predicted octanol–water partition coefficient (Wildman–Crippen LogP) is 5.64. The average Bonchev–Trinajstić information content (AvgIpc) is 3.57. The van der Waals surface area contributed by atoms with Crippen LogP contribution < -0.4 is 5.32 Å². The highest BCUT2D eigenvalue weighted by Crippen LogP contribution is 2.40. The number of nitrogens with zero attached hydrogens (tertiary/aromatic N) is 3. The number of Topliss-reactive ketones (excluding diaryl/α,β-unsaturated/α-hetero) is 1. The third kappa shape index (κ3) is 17.6. The third-order valence-electron chi connectivity index (χ3n) is 16.4. The molecule has 0 spiro atoms. The van der Waals surface area contributed by atoms with Crippen LogP contribution in [0.25, 0.3) is 0 Å². The number of cyclic esters (lactones) is 1. The number of methoxy groups -OCH3 is 2. The van der Waals surface area contributed by atoms with Gasteiger partial charge in [-0.3, -0.25) is 19.4 Å². The average molecular weight is 1140 g/mol. The molecular weight excluding hydrogens is 1040 g/mol. The van der Waals surface area contributed by atoms with Gasteiger partial charge < -0.3 is 77.4 Å². The minimum atomic E-state index is -1.95. The van der Waals surface area contributed by atoms with Crippen molar-refractivity contribution in [3.8, 4) is 0 Å². The first kappa shape index (κ1) is 66.9. The number of pyridine rings is 1. The Labute approximate surface area is 474 Å². The zero-order valence-electron chi connectivity index (χ0n) is 50.4. The molecule has 5 rings (SSSR count). The number of likely N-dealkylation sites (N-methyl/N-ethyl adjacent to an activating group) is 1. The third-order valence-corrected chi connectivity index (χ3v) is 16.4. The number of hydrogen-bond acceptors (Lipinski definition) is 21. The summed E-state index contributed by atoms with van der Waals surface area (Å²) in [5.74, 6) is -7.39. The highest BCUT2D eigenvalue weighted by Gasteiger charge is 2.53. The molecule has 22 atom stereocenters. The SMILES string of the molecule is CON=C1C[C@@H](C)O[C@@H](O[C@@H]2[C@@H](C)[C@H](O[C@H]3C[C@H](C)N(C)C[C@H](C)O3)[C@@H](C)C(=O)O[C@H]([C@@H](C)CO[C@@H]3O[C@H](C)[C@@H](O)[C@@H](OC)[C@H]3OC)[C@H](C)[C@@H](OC(=O)CC(C)C)[C@@H](C)C(=O)[C@@](C)(OC(=O)NCCc3ccncc3)C[C@@H]2C)[C@@H]1O. The summed E-state index contributed by atoms with van der Waals surface area (Å²) in [6.45, 7) is 24.0. The topological polar surface area (TPSA) is 260 Å². The van der Waals surface area contributed by atoms with Crippen LogP contribution in [0.4, 0.5) is 4.79 Å². The van der Waals surface area contributed by atoms with E-state index in [1.807, 2.05) is 60.7 Å². The van der Waals surface area contributed by atoms with E-state index in [0.717, 1.165) is 5.56 Å². The van der Waals surface area contributed by atoms with Crippen LogP contribution in [-0.2, 0) is 77.7 Å². The number of esters is 2. The van der Waals surface area contributed by atoms with E-state index in [4.69, 9.17) is 56.9 Å². The summed E-state index contributed by atoms with van der Waals surface area (Å²) in [6, 6.07) is 3.68. The smallest absolute Gasteiger partial charge is 0.408 e. The van der Waals surface area contributed by atoms with E-state index in [-0.39, 0.29) is 56.2 Å². The quantitative estimate of drug-likeness (QED) is 0.0912. The number of amides is 1. The molecule has 4 aliphatic rings. The summed E-state index contributed by atoms with van der Waals surface area (Å²) in [5.41, 5.74) is -0.748. The Hall–Kier alpha value is -3.94. The van der Waals surface area contributed by atoms with Crippen molar-refractivity contribution in [2.75, 3.05) is 48.1 Å². The first-order valence-corrected chi connectivity index (χ1v) is 28.6. The maximum Gasteiger partial charge on any atom is 0.408 e. The van der Waals surface area contributed by atoms with Crippen molar-refractivity contribution in [1.29, 1.82) is 0 Å². The number of hydrogen-bond donors (Lipinski definition) is 3. The first-order valence-electron chi connectivity index (χ1n) is 28.6. The summed E-state index contributed by atoms with van der Waals surface area (Å²) in [7, 11) is 6.30. The molecule has 0 saturated carbocycles. The summed E-state index contributed by atoms with van der Waals surface area (Å²) in [5, 5.41) is 29.7. The lowest BCUT2D eigenvalue weighted by Gasteiger charge is -2.45. The van der Waals surface area contributed by atoms with Crippen molar-refractivity contribution < 1.29 is 86.3 Å². The molecule has 4 aliphatic heterocycles. The number of oxime groups is 1. The second kappa shape index (κ2) is 30.6. The number of aliphatic hydroxyl groups excluding tert-OH is 2. The number of carbonyl (C=O) groups is 4. The van der Waals surface area contributed by atoms with Crippen LogP contribution in [0.5, 0.6) is 0 Å². The number of ether oxygens (including phenoxy) is 11. The number of nitrogens with one attached hydrogen (secondary N) is 1. The molecule has 4 fully saturated rings. The number of alkyl carbamates (subject to hydrolysis) is 1. The van der Waals surface area contributed by atoms with Gasteiger partial charge in [0.05, 0.1) is 54.7 Å². The maximum absolute atomic E-state index is 15.8. The van der Waals surface area contributed by atoms with Gasteiger partial charge in [0, 0.05) is 82.8 Å². The summed E-state index contributed by atoms with van der Waals surface area (Å²) >= 11 is 0. The standard InChI is InChI=1S/C58H96N4O18/c1-30(2)24-43(63)76-49-37(9)48(32(4)29-72-56-52(70-16)51(69-15)45(64)40(12)75-56)78-54(67)39(11)50(77-44-25-33(5)62(14)28-35(7)73-44)36(8)47(79-55-46(65)42(61-71-17)26-34(6)74-55)31(3)27-58(13,53(66)38(49)10)80-57(68)60-23-20-41-18-21-59-22-19-41/h18-19,21-22,30-40,44-52,55-56,64-65H,20,23-29H2,1-17H3,(H,60,68)/t31-,32-,33-,34+,35-,36+,37-,38+,39+,40+,44-,45+,46+,47-,48+,49+,50-,51+,52+,55-,56+,58-/m0/s1. The van der Waals surface area contributed by atoms with Crippen LogP contribution in [0.1, 0.15) is 121 Å². The molecule has 0 bridgehead atoms. The molecule has 3 N–H and O–H groups in total. The van der Waals surface area contributed by atoms with Gasteiger partial charge in [-0.1, -0.05) is 53.6 Å². The lowest BCUT2D eigenvalue weighted by atomic mass is 9.74. The van der Waals surface area contributed by atoms with E-state index in [0.29, 0.717) is 19.4 Å². The Balaban J connectivity index is 1.69. The number of aliphatic hydroxyl groups is 2. The molecule has 1 aromatic heterocycles. The van der Waals surface area contributed by atoms with Gasteiger partial charge in [-0.2, -0.15) is 0 Å². The van der Waals surface area contributed by atoms with Gasteiger partial charge in [0.15, 0.2) is 30.3 Å². The molecule has 456 valence electrons. The Morgan fingerprint density at radius 3 is 2.16 bits per heavy atom. The van der Waals surface area contributed by atoms with Crippen molar-refractivity contribution in [2.24, 2.45) is 46.6 Å². The highest BCUT2D eigenvalue weighted by molar-refractivity contribution is 5.91. The molecule has 0 radical (unpaired) electrons. The van der Waals surface area contributed by atoms with Gasteiger partial charge >= 0.3 is 18.0 Å². The zero-order chi connectivity index (χ0) is 59.3. The molecule has 1 aromatic rings. The number of rotatable bonds is 18. The van der Waals surface area contributed by atoms with Crippen LogP contribution >= 0.6 is 0 Å². The van der Waals surface area contributed by atoms with Crippen LogP contribution in [0.3, 0.4) is 0 Å². The fourth-order valence-electron chi connectivity index (χ4n) is 11.9. The second-order valence-electron chi connectivity index (χ2n) is 23.7. The van der Waals surface area contributed by atoms with Crippen molar-refractivity contribution >= 4 is 29.5 Å². The van der Waals surface area contributed by atoms with Crippen LogP contribution in [0, 0.1) is 41.4 Å². The van der Waals surface area contributed by atoms with Crippen molar-refractivity contribution in [2.45, 2.75) is 220 Å². The predicted molar refractivity (Wildman–Crippen MR) is 293 cm³/mol. The van der Waals surface area contributed by atoms with E-state index in [2.05, 4.69) is 27.3 Å². The zero-order valence-corrected chi connectivity index (χ0v) is 50.4. The van der Waals surface area contributed by atoms with Crippen LogP contribution in [0.15, 0.2) is 29.7 Å². The number of ketones is 1. The molecule has 5 heterocycles. The maximum atomic E-state index is 15.8. The fourth-order valence-corrected chi connectivity index (χ4v) is 11.9. The lowest BCUT2D eigenvalue weighted by Crippen LogP contribution is -2.59. The van der Waals surface area contributed by atoms with Crippen molar-refractivity contribution in [1.82, 2.24) is 15.2 Å². The van der Waals surface area contributed by atoms with E-state index in [1.54, 1.807) is 47.0 Å². The molecular formula is C58H96N4O18. The summed E-state index contributed by atoms with van der Waals surface area (Å²) < 4.78 is 70.4. The van der Waals surface area contributed by atoms with Gasteiger partial charge in [0.1, 0.15) is 43.7 Å². The second-order valence-corrected chi connectivity index (χ2v) is 23.7. The van der Waals surface area contributed by atoms with Crippen molar-refractivity contribution in [3.63, 3.8) is 0 Å². The highest BCUT2D eigenvalue weighted by atomic mass is 16.7. The van der Waals surface area contributed by atoms with E-state index in [1.165, 1.54) is 28.3 Å². The summed E-state index contributed by atoms with van der Waals surface area (Å²) in [4.78, 5) is 70.9. The molecule has 22 nitrogen and oxygen atoms in total. The fraction of sp³-hybridized carbons (Fsp3) is 0.828. The van der Waals surface area contributed by atoms with E-state index >= 15 is 9.59 Å². The molecule has 22 heteroatoms. The number of carbonyl (C=O) groups excluding carboxylic acids is 4. The molecule has 4 saturated heterocycles. The van der Waals surface area contributed by atoms with Gasteiger partial charge in [-0.15, -0.1) is 0 Å². The molecule has 80 heavy (non-hydrogen) atoms. The lowest BCUT2D eigenvalue weighted by molar-refractivity contribution is -0.305. The normalized spacial score (nSPS) is 39.1. The summed E-state index contributed by atoms with van der Waals surface area (Å²) in [6.07, 6.45) is -9.76. The largest absolute Gasteiger partial charge is 0.461 e. The minimum Gasteiger partial charge on any atom is -0.461 e. The molecule has 0 unspecified atom stereocenters. The molecule has 0 aliphatic carbocycles. The first-order chi connectivity index (χ1) is 37.7. The Morgan fingerprint density at radius 2 is 1.52 bits per heavy atom. The van der Waals surface area contributed by atoms with Gasteiger partial charge in [0.25, 0.3) is 0 Å². The van der Waals surface area contributed by atoms with E-state index < -0.39 is 145 Å². The van der Waals surface area contributed by atoms with Crippen LogP contribution in [-0.4, -0.2) is 195 Å².